The summed E-state index contributed by atoms with van der Waals surface area (Å²) in [6.45, 7) is 4.08. The molecule has 1 aromatic carbocycles. The second kappa shape index (κ2) is 4.87. The lowest BCUT2D eigenvalue weighted by Gasteiger charge is -2.15. The lowest BCUT2D eigenvalue weighted by atomic mass is 9.99. The predicted molar refractivity (Wildman–Crippen MR) is 58.3 cm³/mol. The van der Waals surface area contributed by atoms with E-state index in [1.165, 1.54) is 0 Å². The molecule has 0 amide bonds. The van der Waals surface area contributed by atoms with Gasteiger partial charge in [0.05, 0.1) is 0 Å². The summed E-state index contributed by atoms with van der Waals surface area (Å²) in [4.78, 5) is 0. The molecule has 0 aromatic heterocycles. The zero-order chi connectivity index (χ0) is 12.3. The van der Waals surface area contributed by atoms with Crippen molar-refractivity contribution in [3.63, 3.8) is 0 Å². The van der Waals surface area contributed by atoms with Gasteiger partial charge in [0.15, 0.2) is 0 Å². The minimum atomic E-state index is -4.32. The van der Waals surface area contributed by atoms with Gasteiger partial charge < -0.3 is 5.73 Å². The van der Waals surface area contributed by atoms with E-state index in [0.29, 0.717) is 11.5 Å². The predicted octanol–water partition coefficient (Wildman–Crippen LogP) is 3.24. The van der Waals surface area contributed by atoms with E-state index in [1.54, 1.807) is 12.1 Å². The van der Waals surface area contributed by atoms with E-state index >= 15 is 0 Å². The summed E-state index contributed by atoms with van der Waals surface area (Å²) in [5.41, 5.74) is 6.79. The number of benzene rings is 1. The highest BCUT2D eigenvalue weighted by molar-refractivity contribution is 5.25. The fraction of sp³-hybridized carbons (Fsp3) is 0.500. The summed E-state index contributed by atoms with van der Waals surface area (Å²) in [5.74, 6) is 0.380. The van der Waals surface area contributed by atoms with Crippen LogP contribution < -0.4 is 5.73 Å². The minimum Gasteiger partial charge on any atom is -0.320 e. The Kier molecular flexibility index (Phi) is 3.97. The molecule has 0 aliphatic rings. The first-order valence-corrected chi connectivity index (χ1v) is 5.22. The minimum absolute atomic E-state index is 0.165. The van der Waals surface area contributed by atoms with Crippen molar-refractivity contribution in [2.45, 2.75) is 38.4 Å². The van der Waals surface area contributed by atoms with Gasteiger partial charge in [-0.3, -0.25) is 0 Å². The second-order valence-electron chi connectivity index (χ2n) is 4.25. The molecule has 1 unspecified atom stereocenters. The number of alkyl halides is 3. The quantitative estimate of drug-likeness (QED) is 0.849. The largest absolute Gasteiger partial charge is 0.403 e. The summed E-state index contributed by atoms with van der Waals surface area (Å²) in [7, 11) is 0. The van der Waals surface area contributed by atoms with Crippen LogP contribution in [-0.4, -0.2) is 12.2 Å². The molecule has 16 heavy (non-hydrogen) atoms. The molecule has 90 valence electrons. The van der Waals surface area contributed by atoms with Crippen LogP contribution in [0.4, 0.5) is 13.2 Å². The highest BCUT2D eigenvalue weighted by atomic mass is 19.4. The lowest BCUT2D eigenvalue weighted by molar-refractivity contribution is -0.147. The average molecular weight is 231 g/mol. The molecule has 0 fully saturated rings. The second-order valence-corrected chi connectivity index (χ2v) is 4.25. The molecule has 1 nitrogen and oxygen atoms in total. The summed E-state index contributed by atoms with van der Waals surface area (Å²) in [5, 5.41) is 0. The molecule has 4 heteroatoms. The Morgan fingerprint density at radius 1 is 1.12 bits per heavy atom. The topological polar surface area (TPSA) is 26.0 Å². The van der Waals surface area contributed by atoms with Crippen LogP contribution in [0.2, 0.25) is 0 Å². The number of hydrogen-bond donors (Lipinski definition) is 1. The number of halogens is 3. The van der Waals surface area contributed by atoms with E-state index in [-0.39, 0.29) is 6.42 Å². The Balaban J connectivity index is 2.69. The third-order valence-corrected chi connectivity index (χ3v) is 2.52. The first-order chi connectivity index (χ1) is 7.30. The Morgan fingerprint density at radius 2 is 1.62 bits per heavy atom. The van der Waals surface area contributed by atoms with Gasteiger partial charge in [-0.25, -0.2) is 0 Å². The first-order valence-electron chi connectivity index (χ1n) is 5.22. The van der Waals surface area contributed by atoms with Crippen molar-refractivity contribution >= 4 is 0 Å². The summed E-state index contributed by atoms with van der Waals surface area (Å²) in [6, 6.07) is 5.34. The third kappa shape index (κ3) is 3.52. The van der Waals surface area contributed by atoms with Gasteiger partial charge in [0.1, 0.15) is 6.04 Å². The maximum absolute atomic E-state index is 12.2. The van der Waals surface area contributed by atoms with Crippen LogP contribution in [0, 0.1) is 0 Å². The van der Waals surface area contributed by atoms with Crippen molar-refractivity contribution in [2.24, 2.45) is 5.73 Å². The van der Waals surface area contributed by atoms with Crippen LogP contribution in [-0.2, 0) is 6.42 Å². The molecule has 1 atom stereocenters. The lowest BCUT2D eigenvalue weighted by Crippen LogP contribution is -2.39. The van der Waals surface area contributed by atoms with Gasteiger partial charge in [-0.05, 0) is 23.5 Å². The third-order valence-electron chi connectivity index (χ3n) is 2.52. The van der Waals surface area contributed by atoms with E-state index in [0.717, 1.165) is 5.56 Å². The van der Waals surface area contributed by atoms with E-state index in [9.17, 15) is 13.2 Å². The normalized spacial score (nSPS) is 14.2. The monoisotopic (exact) mass is 231 g/mol. The van der Waals surface area contributed by atoms with Crippen molar-refractivity contribution in [1.82, 2.24) is 0 Å². The maximum atomic E-state index is 12.2. The molecule has 0 radical (unpaired) electrons. The van der Waals surface area contributed by atoms with E-state index in [1.807, 2.05) is 26.0 Å². The van der Waals surface area contributed by atoms with Crippen LogP contribution in [0.25, 0.3) is 0 Å². The highest BCUT2D eigenvalue weighted by Gasteiger charge is 2.36. The smallest absolute Gasteiger partial charge is 0.320 e. The fourth-order valence-electron chi connectivity index (χ4n) is 1.41. The zero-order valence-electron chi connectivity index (χ0n) is 9.38. The molecule has 0 bridgehead atoms. The molecule has 0 aliphatic heterocycles. The average Bonchev–Trinajstić information content (AvgIpc) is 2.17. The van der Waals surface area contributed by atoms with Gasteiger partial charge in [-0.15, -0.1) is 0 Å². The maximum Gasteiger partial charge on any atom is 0.403 e. The van der Waals surface area contributed by atoms with Gasteiger partial charge in [0, 0.05) is 0 Å². The SMILES string of the molecule is CC(C)c1ccc(CC(N)C(F)(F)F)cc1. The molecule has 0 spiro atoms. The molecule has 1 aromatic rings. The molecule has 0 saturated heterocycles. The number of nitrogens with two attached hydrogens (primary N) is 1. The number of hydrogen-bond acceptors (Lipinski definition) is 1. The standard InChI is InChI=1S/C12H16F3N/c1-8(2)10-5-3-9(4-6-10)7-11(16)12(13,14)15/h3-6,8,11H,7,16H2,1-2H3. The molecule has 0 saturated carbocycles. The van der Waals surface area contributed by atoms with Crippen molar-refractivity contribution in [1.29, 1.82) is 0 Å². The molecule has 0 aliphatic carbocycles. The number of rotatable bonds is 3. The van der Waals surface area contributed by atoms with Gasteiger partial charge in [-0.1, -0.05) is 38.1 Å². The Bertz CT molecular complexity index is 327. The first kappa shape index (κ1) is 13.0. The molecular formula is C12H16F3N. The van der Waals surface area contributed by atoms with Gasteiger partial charge in [-0.2, -0.15) is 13.2 Å². The fourth-order valence-corrected chi connectivity index (χ4v) is 1.41. The summed E-state index contributed by atoms with van der Waals surface area (Å²) in [6.07, 6.45) is -4.49. The Hall–Kier alpha value is -1.03. The van der Waals surface area contributed by atoms with Crippen LogP contribution in [0.1, 0.15) is 30.9 Å². The van der Waals surface area contributed by atoms with Crippen LogP contribution in [0.5, 0.6) is 0 Å². The summed E-state index contributed by atoms with van der Waals surface area (Å²) < 4.78 is 36.7. The van der Waals surface area contributed by atoms with E-state index < -0.39 is 12.2 Å². The molecule has 2 N–H and O–H groups in total. The van der Waals surface area contributed by atoms with Gasteiger partial charge >= 0.3 is 6.18 Å². The van der Waals surface area contributed by atoms with E-state index in [2.05, 4.69) is 0 Å². The van der Waals surface area contributed by atoms with Crippen molar-refractivity contribution in [3.05, 3.63) is 35.4 Å². The Labute approximate surface area is 93.5 Å². The Morgan fingerprint density at radius 3 is 2.00 bits per heavy atom. The van der Waals surface area contributed by atoms with Crippen LogP contribution >= 0.6 is 0 Å². The van der Waals surface area contributed by atoms with E-state index in [4.69, 9.17) is 5.73 Å². The van der Waals surface area contributed by atoms with Crippen molar-refractivity contribution in [3.8, 4) is 0 Å². The van der Waals surface area contributed by atoms with Crippen molar-refractivity contribution < 1.29 is 13.2 Å². The molecule has 1 rings (SSSR count). The van der Waals surface area contributed by atoms with Gasteiger partial charge in [0.25, 0.3) is 0 Å². The van der Waals surface area contributed by atoms with Crippen LogP contribution in [0.15, 0.2) is 24.3 Å². The van der Waals surface area contributed by atoms with Gasteiger partial charge in [0.2, 0.25) is 0 Å². The zero-order valence-corrected chi connectivity index (χ0v) is 9.38. The van der Waals surface area contributed by atoms with Crippen LogP contribution in [0.3, 0.4) is 0 Å². The summed E-state index contributed by atoms with van der Waals surface area (Å²) >= 11 is 0. The molecular weight excluding hydrogens is 215 g/mol. The van der Waals surface area contributed by atoms with Crippen molar-refractivity contribution in [2.75, 3.05) is 0 Å². The highest BCUT2D eigenvalue weighted by Crippen LogP contribution is 2.22. The molecule has 0 heterocycles.